The van der Waals surface area contributed by atoms with Gasteiger partial charge in [0.05, 0.1) is 11.1 Å². The van der Waals surface area contributed by atoms with Crippen molar-refractivity contribution in [1.29, 1.82) is 0 Å². The van der Waals surface area contributed by atoms with Gasteiger partial charge in [-0.25, -0.2) is 0 Å². The van der Waals surface area contributed by atoms with Gasteiger partial charge in [0.15, 0.2) is 0 Å². The van der Waals surface area contributed by atoms with Crippen LogP contribution in [0.1, 0.15) is 0 Å². The molecule has 12 rings (SSSR count). The molecule has 3 nitrogen and oxygen atoms in total. The second-order valence-electron chi connectivity index (χ2n) is 14.1. The summed E-state index contributed by atoms with van der Waals surface area (Å²) in [4.78, 5) is 2.39. The van der Waals surface area contributed by atoms with Crippen LogP contribution in [0.3, 0.4) is 0 Å². The number of anilines is 3. The summed E-state index contributed by atoms with van der Waals surface area (Å²) in [6.07, 6.45) is 0. The van der Waals surface area contributed by atoms with Crippen LogP contribution in [0.15, 0.2) is 185 Å². The molecule has 0 aliphatic carbocycles. The summed E-state index contributed by atoms with van der Waals surface area (Å²) < 4.78 is 15.6. The molecule has 9 aromatic carbocycles. The monoisotopic (exact) mass is 707 g/mol. The maximum absolute atomic E-state index is 6.64. The Hall–Kier alpha value is -6.88. The zero-order chi connectivity index (χ0) is 35.3. The molecule has 0 N–H and O–H groups in total. The Morgan fingerprint density at radius 1 is 0.370 bits per heavy atom. The molecule has 3 aromatic heterocycles. The van der Waals surface area contributed by atoms with Crippen LogP contribution in [0.5, 0.6) is 0 Å². The number of hydrogen-bond donors (Lipinski definition) is 0. The predicted octanol–water partition coefficient (Wildman–Crippen LogP) is 15.3. The van der Waals surface area contributed by atoms with E-state index in [2.05, 4.69) is 175 Å². The number of rotatable bonds is 4. The first-order valence-corrected chi connectivity index (χ1v) is 19.1. The van der Waals surface area contributed by atoms with Gasteiger partial charge in [0.2, 0.25) is 0 Å². The van der Waals surface area contributed by atoms with E-state index in [0.29, 0.717) is 0 Å². The molecule has 0 saturated heterocycles. The largest absolute Gasteiger partial charge is 0.456 e. The normalized spacial score (nSPS) is 12.1. The average molecular weight is 708 g/mol. The molecule has 252 valence electrons. The molecule has 0 aliphatic rings. The van der Waals surface area contributed by atoms with Gasteiger partial charge < -0.3 is 13.7 Å². The Balaban J connectivity index is 1.10. The van der Waals surface area contributed by atoms with Crippen LogP contribution in [-0.4, -0.2) is 0 Å². The Morgan fingerprint density at radius 2 is 1.07 bits per heavy atom. The molecule has 54 heavy (non-hydrogen) atoms. The highest BCUT2D eigenvalue weighted by molar-refractivity contribution is 7.26. The van der Waals surface area contributed by atoms with Gasteiger partial charge in [-0.1, -0.05) is 103 Å². The van der Waals surface area contributed by atoms with Crippen molar-refractivity contribution in [2.45, 2.75) is 0 Å². The SMILES string of the molecule is c1ccc2cc(-c3ccc(N(c4ccc5sc6ccc7oc8c9ccccc9ccc8c7c6c5c4)c4cccc5oc6ccccc6c45)cc3)ccc2c1. The Morgan fingerprint density at radius 3 is 1.98 bits per heavy atom. The maximum Gasteiger partial charge on any atom is 0.143 e. The van der Waals surface area contributed by atoms with E-state index in [9.17, 15) is 0 Å². The number of hydrogen-bond acceptors (Lipinski definition) is 4. The fourth-order valence-electron chi connectivity index (χ4n) is 8.53. The molecule has 0 aliphatic heterocycles. The van der Waals surface area contributed by atoms with Crippen molar-refractivity contribution in [2.75, 3.05) is 4.90 Å². The van der Waals surface area contributed by atoms with Crippen LogP contribution in [0.4, 0.5) is 17.1 Å². The van der Waals surface area contributed by atoms with E-state index in [1.54, 1.807) is 0 Å². The lowest BCUT2D eigenvalue weighted by atomic mass is 10.0. The van der Waals surface area contributed by atoms with Crippen molar-refractivity contribution in [3.05, 3.63) is 176 Å². The highest BCUT2D eigenvalue weighted by atomic mass is 32.1. The van der Waals surface area contributed by atoms with E-state index in [4.69, 9.17) is 8.83 Å². The first kappa shape index (κ1) is 29.7. The van der Waals surface area contributed by atoms with E-state index in [-0.39, 0.29) is 0 Å². The van der Waals surface area contributed by atoms with Gasteiger partial charge in [-0.3, -0.25) is 0 Å². The lowest BCUT2D eigenvalue weighted by Gasteiger charge is -2.26. The molecule has 0 saturated carbocycles. The second kappa shape index (κ2) is 11.3. The van der Waals surface area contributed by atoms with Crippen molar-refractivity contribution in [2.24, 2.45) is 0 Å². The van der Waals surface area contributed by atoms with Crippen molar-refractivity contribution in [3.8, 4) is 11.1 Å². The molecule has 3 heterocycles. The van der Waals surface area contributed by atoms with Gasteiger partial charge in [-0.2, -0.15) is 0 Å². The van der Waals surface area contributed by atoms with Crippen molar-refractivity contribution >= 4 is 114 Å². The van der Waals surface area contributed by atoms with Crippen LogP contribution in [0, 0.1) is 0 Å². The van der Waals surface area contributed by atoms with Gasteiger partial charge in [0.25, 0.3) is 0 Å². The quantitative estimate of drug-likeness (QED) is 0.182. The lowest BCUT2D eigenvalue weighted by molar-refractivity contribution is 0.669. The van der Waals surface area contributed by atoms with E-state index >= 15 is 0 Å². The first-order chi connectivity index (χ1) is 26.7. The molecule has 4 heteroatoms. The fourth-order valence-corrected chi connectivity index (χ4v) is 9.62. The maximum atomic E-state index is 6.64. The number of benzene rings is 9. The lowest BCUT2D eigenvalue weighted by Crippen LogP contribution is -2.10. The van der Waals surface area contributed by atoms with Crippen LogP contribution in [0.25, 0.3) is 96.7 Å². The molecule has 0 spiro atoms. The molecule has 0 atom stereocenters. The predicted molar refractivity (Wildman–Crippen MR) is 229 cm³/mol. The summed E-state index contributed by atoms with van der Waals surface area (Å²) in [6, 6.07) is 63.1. The minimum absolute atomic E-state index is 0.868. The fraction of sp³-hybridized carbons (Fsp3) is 0. The van der Waals surface area contributed by atoms with Crippen LogP contribution in [-0.2, 0) is 0 Å². The molecule has 0 amide bonds. The van der Waals surface area contributed by atoms with Gasteiger partial charge in [-0.15, -0.1) is 11.3 Å². The molecular weight excluding hydrogens is 679 g/mol. The van der Waals surface area contributed by atoms with E-state index in [0.717, 1.165) is 60.9 Å². The number of para-hydroxylation sites is 1. The second-order valence-corrected chi connectivity index (χ2v) is 15.1. The molecule has 12 aromatic rings. The third kappa shape index (κ3) is 4.35. The van der Waals surface area contributed by atoms with Crippen LogP contribution < -0.4 is 4.90 Å². The molecule has 0 fully saturated rings. The van der Waals surface area contributed by atoms with Crippen LogP contribution in [0.2, 0.25) is 0 Å². The number of fused-ring (bicyclic) bond motifs is 13. The molecule has 0 bridgehead atoms. The zero-order valence-corrected chi connectivity index (χ0v) is 29.7. The summed E-state index contributed by atoms with van der Waals surface area (Å²) in [7, 11) is 0. The summed E-state index contributed by atoms with van der Waals surface area (Å²) in [5.41, 5.74) is 9.20. The third-order valence-corrected chi connectivity index (χ3v) is 12.2. The number of nitrogens with zero attached hydrogens (tertiary/aromatic N) is 1. The Bertz CT molecular complexity index is 3460. The average Bonchev–Trinajstić information content (AvgIpc) is 3.92. The van der Waals surface area contributed by atoms with E-state index < -0.39 is 0 Å². The topological polar surface area (TPSA) is 29.5 Å². The third-order valence-electron chi connectivity index (χ3n) is 11.0. The zero-order valence-electron chi connectivity index (χ0n) is 28.9. The summed E-state index contributed by atoms with van der Waals surface area (Å²) in [5.74, 6) is 0. The van der Waals surface area contributed by atoms with Gasteiger partial charge in [-0.05, 0) is 100 Å². The van der Waals surface area contributed by atoms with E-state index in [1.165, 1.54) is 52.8 Å². The van der Waals surface area contributed by atoms with Gasteiger partial charge in [0.1, 0.15) is 22.3 Å². The van der Waals surface area contributed by atoms with Gasteiger partial charge in [0, 0.05) is 53.1 Å². The van der Waals surface area contributed by atoms with Crippen LogP contribution >= 0.6 is 11.3 Å². The summed E-state index contributed by atoms with van der Waals surface area (Å²) in [5, 5.41) is 11.8. The van der Waals surface area contributed by atoms with Gasteiger partial charge >= 0.3 is 0 Å². The minimum atomic E-state index is 0.868. The Labute approximate surface area is 313 Å². The summed E-state index contributed by atoms with van der Waals surface area (Å²) in [6.45, 7) is 0. The highest BCUT2D eigenvalue weighted by Gasteiger charge is 2.22. The minimum Gasteiger partial charge on any atom is -0.456 e. The van der Waals surface area contributed by atoms with Crippen molar-refractivity contribution in [1.82, 2.24) is 0 Å². The standard InChI is InChI=1S/C50H29NO2S/c1-2-10-33-28-34(17-16-30(33)8-1)31-18-21-35(22-19-31)51(41-13-7-15-43-47(41)38-12-5-6-14-42(38)52-43)36-23-26-45-40(29-36)49-46(54-45)27-25-44-48(49)39-24-20-32-9-3-4-11-37(32)50(39)53-44/h1-29H. The molecular formula is C50H29NO2S. The molecule has 0 unspecified atom stereocenters. The first-order valence-electron chi connectivity index (χ1n) is 18.2. The highest BCUT2D eigenvalue weighted by Crippen LogP contribution is 2.48. The summed E-state index contributed by atoms with van der Waals surface area (Å²) >= 11 is 1.84. The smallest absolute Gasteiger partial charge is 0.143 e. The van der Waals surface area contributed by atoms with E-state index in [1.807, 2.05) is 17.4 Å². The number of thiophene rings is 1. The van der Waals surface area contributed by atoms with Crippen molar-refractivity contribution in [3.63, 3.8) is 0 Å². The number of furan rings is 2. The Kier molecular flexibility index (Phi) is 6.21. The van der Waals surface area contributed by atoms with Crippen molar-refractivity contribution < 1.29 is 8.83 Å². The molecule has 0 radical (unpaired) electrons.